The van der Waals surface area contributed by atoms with Gasteiger partial charge in [0.1, 0.15) is 11.4 Å². The average Bonchev–Trinajstić information content (AvgIpc) is 2.66. The molecule has 138 valence electrons. The van der Waals surface area contributed by atoms with Crippen LogP contribution in [-0.4, -0.2) is 37.1 Å². The molecule has 0 spiro atoms. The lowest BCUT2D eigenvalue weighted by atomic mass is 9.74. The highest BCUT2D eigenvalue weighted by atomic mass is 16.6. The first kappa shape index (κ1) is 18.5. The Hall–Kier alpha value is -2.33. The quantitative estimate of drug-likeness (QED) is 0.765. The van der Waals surface area contributed by atoms with Crippen molar-refractivity contribution in [3.05, 3.63) is 66.2 Å². The molecule has 2 aromatic rings. The van der Waals surface area contributed by atoms with Gasteiger partial charge in [0.05, 0.1) is 0 Å². The summed E-state index contributed by atoms with van der Waals surface area (Å²) in [6.45, 7) is 5.12. The summed E-state index contributed by atoms with van der Waals surface area (Å²) in [6.07, 6.45) is 0.770. The Morgan fingerprint density at radius 2 is 1.69 bits per heavy atom. The van der Waals surface area contributed by atoms with E-state index in [9.17, 15) is 4.79 Å². The molecule has 0 amide bonds. The number of rotatable bonds is 5. The van der Waals surface area contributed by atoms with Crippen molar-refractivity contribution in [3.8, 4) is 5.75 Å². The molecule has 0 aliphatic carbocycles. The van der Waals surface area contributed by atoms with Crippen LogP contribution in [-0.2, 0) is 15.1 Å². The Morgan fingerprint density at radius 1 is 1.08 bits per heavy atom. The molecule has 1 fully saturated rings. The summed E-state index contributed by atoms with van der Waals surface area (Å²) in [7, 11) is 2.12. The summed E-state index contributed by atoms with van der Waals surface area (Å²) in [5.41, 5.74) is 0.435. The zero-order valence-electron chi connectivity index (χ0n) is 15.7. The number of ether oxygens (including phenoxy) is 2. The number of hydrogen-bond acceptors (Lipinski definition) is 4. The lowest BCUT2D eigenvalue weighted by Crippen LogP contribution is -2.54. The molecule has 0 N–H and O–H groups in total. The topological polar surface area (TPSA) is 38.8 Å². The molecule has 4 heteroatoms. The number of carbonyl (C=O) groups is 1. The van der Waals surface area contributed by atoms with Crippen molar-refractivity contribution in [3.63, 3.8) is 0 Å². The van der Waals surface area contributed by atoms with E-state index in [-0.39, 0.29) is 18.5 Å². The number of piperidine rings is 1. The lowest BCUT2D eigenvalue weighted by Gasteiger charge is -2.48. The number of likely N-dealkylation sites (tertiary alicyclic amines) is 1. The molecule has 0 bridgehead atoms. The number of para-hydroxylation sites is 1. The number of carbonyl (C=O) groups excluding carboxylic acids is 1. The van der Waals surface area contributed by atoms with E-state index in [4.69, 9.17) is 9.47 Å². The van der Waals surface area contributed by atoms with Gasteiger partial charge in [-0.05, 0) is 31.7 Å². The molecule has 1 saturated heterocycles. The second kappa shape index (κ2) is 7.92. The van der Waals surface area contributed by atoms with Gasteiger partial charge in [0, 0.05) is 24.9 Å². The van der Waals surface area contributed by atoms with Crippen LogP contribution in [0.25, 0.3) is 0 Å². The summed E-state index contributed by atoms with van der Waals surface area (Å²) in [6, 6.07) is 19.8. The fraction of sp³-hybridized carbons (Fsp3) is 0.409. The van der Waals surface area contributed by atoms with Crippen molar-refractivity contribution in [1.29, 1.82) is 0 Å². The van der Waals surface area contributed by atoms with Gasteiger partial charge in [-0.15, -0.1) is 0 Å². The molecule has 26 heavy (non-hydrogen) atoms. The van der Waals surface area contributed by atoms with Gasteiger partial charge in [0.15, 0.2) is 6.61 Å². The second-order valence-corrected chi connectivity index (χ2v) is 7.23. The van der Waals surface area contributed by atoms with Crippen LogP contribution in [0.2, 0.25) is 0 Å². The van der Waals surface area contributed by atoms with E-state index < -0.39 is 5.60 Å². The van der Waals surface area contributed by atoms with Gasteiger partial charge in [-0.3, -0.25) is 0 Å². The molecule has 1 aliphatic rings. The number of nitrogens with zero attached hydrogens (tertiary/aromatic N) is 1. The predicted octanol–water partition coefficient (Wildman–Crippen LogP) is 3.86. The average molecular weight is 353 g/mol. The maximum Gasteiger partial charge on any atom is 0.345 e. The summed E-state index contributed by atoms with van der Waals surface area (Å²) in [5.74, 6) is 0.524. The van der Waals surface area contributed by atoms with E-state index in [1.54, 1.807) is 0 Å². The van der Waals surface area contributed by atoms with Gasteiger partial charge < -0.3 is 14.4 Å². The van der Waals surface area contributed by atoms with E-state index in [2.05, 4.69) is 37.9 Å². The van der Waals surface area contributed by atoms with Gasteiger partial charge in [0.25, 0.3) is 0 Å². The molecule has 0 aromatic heterocycles. The Balaban J connectivity index is 1.79. The Bertz CT molecular complexity index is 719. The normalized spacial score (nSPS) is 26.3. The maximum absolute atomic E-state index is 12.6. The highest BCUT2D eigenvalue weighted by Gasteiger charge is 2.47. The van der Waals surface area contributed by atoms with E-state index in [0.29, 0.717) is 11.8 Å². The van der Waals surface area contributed by atoms with Gasteiger partial charge in [0.2, 0.25) is 0 Å². The van der Waals surface area contributed by atoms with Gasteiger partial charge in [-0.1, -0.05) is 55.5 Å². The van der Waals surface area contributed by atoms with E-state index in [0.717, 1.165) is 18.5 Å². The van der Waals surface area contributed by atoms with E-state index >= 15 is 0 Å². The molecular weight excluding hydrogens is 326 g/mol. The minimum absolute atomic E-state index is 0.0878. The monoisotopic (exact) mass is 353 g/mol. The summed E-state index contributed by atoms with van der Waals surface area (Å²) < 4.78 is 11.7. The smallest absolute Gasteiger partial charge is 0.345 e. The van der Waals surface area contributed by atoms with Crippen molar-refractivity contribution >= 4 is 5.97 Å². The first-order valence-corrected chi connectivity index (χ1v) is 9.17. The first-order valence-electron chi connectivity index (χ1n) is 9.17. The molecule has 1 aliphatic heterocycles. The van der Waals surface area contributed by atoms with Crippen molar-refractivity contribution in [2.45, 2.75) is 31.9 Å². The molecule has 2 aromatic carbocycles. The van der Waals surface area contributed by atoms with Crippen LogP contribution in [0.15, 0.2) is 60.7 Å². The minimum atomic E-state index is -0.621. The zero-order chi connectivity index (χ0) is 18.6. The van der Waals surface area contributed by atoms with Gasteiger partial charge in [-0.2, -0.15) is 0 Å². The molecule has 0 saturated carbocycles. The molecule has 0 radical (unpaired) electrons. The third kappa shape index (κ3) is 3.91. The number of benzene rings is 2. The third-order valence-electron chi connectivity index (χ3n) is 5.37. The fourth-order valence-corrected chi connectivity index (χ4v) is 3.77. The summed E-state index contributed by atoms with van der Waals surface area (Å²) >= 11 is 0. The minimum Gasteiger partial charge on any atom is -0.482 e. The molecule has 3 rings (SSSR count). The standard InChI is InChI=1S/C22H27NO3/c1-17-15-23(3)18(2)14-22(17,19-10-6-4-7-11-19)26-21(24)16-25-20-12-8-5-9-13-20/h4-13,17-18H,14-16H2,1-3H3/t17-,18+,22-/m0/s1. The van der Waals surface area contributed by atoms with Crippen molar-refractivity contribution in [1.82, 2.24) is 4.90 Å². The largest absolute Gasteiger partial charge is 0.482 e. The van der Waals surface area contributed by atoms with E-state index in [1.807, 2.05) is 48.5 Å². The van der Waals surface area contributed by atoms with E-state index in [1.165, 1.54) is 0 Å². The van der Waals surface area contributed by atoms with Crippen molar-refractivity contribution < 1.29 is 14.3 Å². The molecule has 1 heterocycles. The summed E-state index contributed by atoms with van der Waals surface area (Å²) in [4.78, 5) is 15.0. The highest BCUT2D eigenvalue weighted by molar-refractivity contribution is 5.72. The van der Waals surface area contributed by atoms with Crippen LogP contribution in [0.1, 0.15) is 25.8 Å². The maximum atomic E-state index is 12.6. The number of hydrogen-bond donors (Lipinski definition) is 0. The molecule has 3 atom stereocenters. The molecule has 0 unspecified atom stereocenters. The van der Waals surface area contributed by atoms with Crippen molar-refractivity contribution in [2.75, 3.05) is 20.2 Å². The van der Waals surface area contributed by atoms with Gasteiger partial charge >= 0.3 is 5.97 Å². The lowest BCUT2D eigenvalue weighted by molar-refractivity contribution is -0.180. The SMILES string of the molecule is C[C@@H]1C[C@@](OC(=O)COc2ccccc2)(c2ccccc2)[C@@H](C)CN1C. The van der Waals surface area contributed by atoms with Crippen LogP contribution >= 0.6 is 0 Å². The van der Waals surface area contributed by atoms with Crippen LogP contribution in [0.4, 0.5) is 0 Å². The molecular formula is C22H27NO3. The number of esters is 1. The van der Waals surface area contributed by atoms with Gasteiger partial charge in [-0.25, -0.2) is 4.79 Å². The third-order valence-corrected chi connectivity index (χ3v) is 5.37. The Morgan fingerprint density at radius 3 is 2.35 bits per heavy atom. The Labute approximate surface area is 155 Å². The zero-order valence-corrected chi connectivity index (χ0v) is 15.7. The van der Waals surface area contributed by atoms with Crippen LogP contribution in [0.3, 0.4) is 0 Å². The highest BCUT2D eigenvalue weighted by Crippen LogP contribution is 2.42. The fourth-order valence-electron chi connectivity index (χ4n) is 3.77. The second-order valence-electron chi connectivity index (χ2n) is 7.23. The molecule has 4 nitrogen and oxygen atoms in total. The van der Waals surface area contributed by atoms with Crippen LogP contribution < -0.4 is 4.74 Å². The summed E-state index contributed by atoms with van der Waals surface area (Å²) in [5, 5.41) is 0. The van der Waals surface area contributed by atoms with Crippen molar-refractivity contribution in [2.24, 2.45) is 5.92 Å². The van der Waals surface area contributed by atoms with Crippen LogP contribution in [0.5, 0.6) is 5.75 Å². The predicted molar refractivity (Wildman–Crippen MR) is 102 cm³/mol. The Kier molecular flexibility index (Phi) is 5.62. The first-order chi connectivity index (χ1) is 12.5. The van der Waals surface area contributed by atoms with Crippen LogP contribution in [0, 0.1) is 5.92 Å².